The fraction of sp³-hybridized carbons (Fsp3) is 0.182. The smallest absolute Gasteiger partial charge is 0.229 e. The Morgan fingerprint density at radius 1 is 1.09 bits per heavy atom. The Kier molecular flexibility index (Phi) is 5.87. The average molecular weight is 451 g/mol. The van der Waals surface area contributed by atoms with Gasteiger partial charge in [0.05, 0.1) is 42.0 Å². The topological polar surface area (TPSA) is 119 Å². The average Bonchev–Trinajstić information content (AvgIpc) is 3.15. The molecule has 9 nitrogen and oxygen atoms in total. The Hall–Kier alpha value is -3.79. The minimum absolute atomic E-state index is 0.122. The van der Waals surface area contributed by atoms with Crippen LogP contribution in [0.2, 0.25) is 0 Å². The van der Waals surface area contributed by atoms with Crippen LogP contribution in [0.15, 0.2) is 61.1 Å². The van der Waals surface area contributed by atoms with Crippen molar-refractivity contribution in [2.24, 2.45) is 0 Å². The van der Waals surface area contributed by atoms with Crippen LogP contribution in [0.1, 0.15) is 17.0 Å². The number of carbonyl (C=O) groups excluding carboxylic acids is 1. The molecule has 0 saturated heterocycles. The highest BCUT2D eigenvalue weighted by molar-refractivity contribution is 7.92. The third-order valence-electron chi connectivity index (χ3n) is 4.70. The number of pyridine rings is 2. The Morgan fingerprint density at radius 3 is 2.72 bits per heavy atom. The molecule has 32 heavy (non-hydrogen) atoms. The van der Waals surface area contributed by atoms with E-state index >= 15 is 0 Å². The van der Waals surface area contributed by atoms with Gasteiger partial charge >= 0.3 is 0 Å². The van der Waals surface area contributed by atoms with E-state index in [0.29, 0.717) is 11.4 Å². The van der Waals surface area contributed by atoms with Gasteiger partial charge in [0.2, 0.25) is 15.9 Å². The Balaban J connectivity index is 1.42. The quantitative estimate of drug-likeness (QED) is 0.446. The van der Waals surface area contributed by atoms with Crippen molar-refractivity contribution < 1.29 is 13.2 Å². The van der Waals surface area contributed by atoms with Crippen molar-refractivity contribution in [3.05, 3.63) is 78.0 Å². The number of aromatic nitrogens is 4. The zero-order valence-corrected chi connectivity index (χ0v) is 18.4. The van der Waals surface area contributed by atoms with Gasteiger partial charge in [-0.3, -0.25) is 19.5 Å². The molecular formula is C22H22N6O3S. The second kappa shape index (κ2) is 8.75. The van der Waals surface area contributed by atoms with E-state index < -0.39 is 10.0 Å². The summed E-state index contributed by atoms with van der Waals surface area (Å²) in [6, 6.07) is 12.5. The van der Waals surface area contributed by atoms with E-state index in [9.17, 15) is 13.2 Å². The highest BCUT2D eigenvalue weighted by Gasteiger charge is 2.10. The molecule has 0 radical (unpaired) electrons. The molecule has 1 aromatic carbocycles. The standard InChI is InChI=1S/C22H22N6O3S/c1-15-8-20(6-7-23-15)28-21-14-24-19(10-17(21)13-26-28)11-22(29)25-12-16-4-3-5-18(9-16)27-32(2,30)31/h3-10,13-14,27H,11-12H2,1-2H3,(H,25,29). The van der Waals surface area contributed by atoms with Gasteiger partial charge in [0.25, 0.3) is 0 Å². The number of anilines is 1. The summed E-state index contributed by atoms with van der Waals surface area (Å²) in [5.41, 5.74) is 4.50. The monoisotopic (exact) mass is 450 g/mol. The summed E-state index contributed by atoms with van der Waals surface area (Å²) in [7, 11) is -3.36. The first-order chi connectivity index (χ1) is 15.3. The lowest BCUT2D eigenvalue weighted by Crippen LogP contribution is -2.25. The van der Waals surface area contributed by atoms with Gasteiger partial charge in [0, 0.05) is 29.5 Å². The van der Waals surface area contributed by atoms with Crippen molar-refractivity contribution in [2.45, 2.75) is 19.9 Å². The molecule has 164 valence electrons. The van der Waals surface area contributed by atoms with E-state index in [1.807, 2.05) is 31.2 Å². The van der Waals surface area contributed by atoms with Crippen LogP contribution in [0.4, 0.5) is 5.69 Å². The van der Waals surface area contributed by atoms with Crippen molar-refractivity contribution >= 4 is 32.5 Å². The number of carbonyl (C=O) groups is 1. The van der Waals surface area contributed by atoms with Gasteiger partial charge in [0.15, 0.2) is 0 Å². The molecule has 3 heterocycles. The molecule has 0 aliphatic heterocycles. The number of benzene rings is 1. The Morgan fingerprint density at radius 2 is 1.94 bits per heavy atom. The number of amides is 1. The van der Waals surface area contributed by atoms with Gasteiger partial charge in [-0.1, -0.05) is 12.1 Å². The van der Waals surface area contributed by atoms with Crippen LogP contribution in [0.3, 0.4) is 0 Å². The van der Waals surface area contributed by atoms with Gasteiger partial charge in [-0.25, -0.2) is 13.1 Å². The largest absolute Gasteiger partial charge is 0.352 e. The van der Waals surface area contributed by atoms with Crippen LogP contribution in [0.5, 0.6) is 0 Å². The molecule has 0 aliphatic carbocycles. The van der Waals surface area contributed by atoms with E-state index in [2.05, 4.69) is 25.1 Å². The van der Waals surface area contributed by atoms with Crippen molar-refractivity contribution in [3.8, 4) is 5.69 Å². The SMILES string of the molecule is Cc1cc(-n2ncc3cc(CC(=O)NCc4cccc(NS(C)(=O)=O)c4)ncc32)ccn1. The summed E-state index contributed by atoms with van der Waals surface area (Å²) in [4.78, 5) is 21.0. The van der Waals surface area contributed by atoms with E-state index in [-0.39, 0.29) is 18.9 Å². The molecule has 3 aromatic heterocycles. The van der Waals surface area contributed by atoms with Crippen molar-refractivity contribution in [3.63, 3.8) is 0 Å². The van der Waals surface area contributed by atoms with Gasteiger partial charge in [-0.15, -0.1) is 0 Å². The summed E-state index contributed by atoms with van der Waals surface area (Å²) < 4.78 is 27.0. The van der Waals surface area contributed by atoms with E-state index in [4.69, 9.17) is 0 Å². The maximum atomic E-state index is 12.4. The van der Waals surface area contributed by atoms with Crippen molar-refractivity contribution in [1.29, 1.82) is 0 Å². The fourth-order valence-corrected chi connectivity index (χ4v) is 3.88. The molecule has 4 rings (SSSR count). The first-order valence-corrected chi connectivity index (χ1v) is 11.7. The third kappa shape index (κ3) is 5.27. The Labute approximate surface area is 185 Å². The van der Waals surface area contributed by atoms with Crippen LogP contribution >= 0.6 is 0 Å². The molecule has 10 heteroatoms. The summed E-state index contributed by atoms with van der Waals surface area (Å²) in [6.45, 7) is 2.20. The summed E-state index contributed by atoms with van der Waals surface area (Å²) in [5, 5.41) is 8.16. The zero-order chi connectivity index (χ0) is 22.7. The van der Waals surface area contributed by atoms with E-state index in [1.165, 1.54) is 0 Å². The van der Waals surface area contributed by atoms with Crippen molar-refractivity contribution in [2.75, 3.05) is 11.0 Å². The molecule has 2 N–H and O–H groups in total. The van der Waals surface area contributed by atoms with Crippen molar-refractivity contribution in [1.82, 2.24) is 25.1 Å². The fourth-order valence-electron chi connectivity index (χ4n) is 3.32. The summed E-state index contributed by atoms with van der Waals surface area (Å²) in [6.07, 6.45) is 6.40. The molecule has 0 atom stereocenters. The first-order valence-electron chi connectivity index (χ1n) is 9.86. The maximum Gasteiger partial charge on any atom is 0.229 e. The predicted octanol–water partition coefficient (Wildman–Crippen LogP) is 2.35. The number of hydrogen-bond donors (Lipinski definition) is 2. The molecule has 0 fully saturated rings. The highest BCUT2D eigenvalue weighted by atomic mass is 32.2. The molecule has 0 aliphatic rings. The highest BCUT2D eigenvalue weighted by Crippen LogP contribution is 2.19. The first kappa shape index (κ1) is 21.4. The van der Waals surface area contributed by atoms with Crippen LogP contribution in [0.25, 0.3) is 16.6 Å². The minimum atomic E-state index is -3.36. The zero-order valence-electron chi connectivity index (χ0n) is 17.6. The number of nitrogens with zero attached hydrogens (tertiary/aromatic N) is 4. The molecular weight excluding hydrogens is 428 g/mol. The number of hydrogen-bond acceptors (Lipinski definition) is 6. The van der Waals surface area contributed by atoms with Gasteiger partial charge in [-0.05, 0) is 42.8 Å². The van der Waals surface area contributed by atoms with Crippen LogP contribution in [-0.2, 0) is 27.8 Å². The van der Waals surface area contributed by atoms with Crippen LogP contribution < -0.4 is 10.0 Å². The molecule has 0 unspecified atom stereocenters. The lowest BCUT2D eigenvalue weighted by molar-refractivity contribution is -0.120. The summed E-state index contributed by atoms with van der Waals surface area (Å²) in [5.74, 6) is -0.185. The second-order valence-electron chi connectivity index (χ2n) is 7.47. The van der Waals surface area contributed by atoms with Crippen LogP contribution in [0, 0.1) is 6.92 Å². The lowest BCUT2D eigenvalue weighted by Gasteiger charge is -2.08. The van der Waals surface area contributed by atoms with Gasteiger partial charge < -0.3 is 5.32 Å². The molecule has 1 amide bonds. The van der Waals surface area contributed by atoms with E-state index in [0.717, 1.165) is 34.1 Å². The third-order valence-corrected chi connectivity index (χ3v) is 5.30. The Bertz CT molecular complexity index is 1400. The second-order valence-corrected chi connectivity index (χ2v) is 9.22. The number of sulfonamides is 1. The summed E-state index contributed by atoms with van der Waals surface area (Å²) >= 11 is 0. The predicted molar refractivity (Wildman–Crippen MR) is 122 cm³/mol. The molecule has 0 bridgehead atoms. The number of aryl methyl sites for hydroxylation is 1. The minimum Gasteiger partial charge on any atom is -0.352 e. The molecule has 4 aromatic rings. The normalized spacial score (nSPS) is 11.4. The molecule has 0 spiro atoms. The lowest BCUT2D eigenvalue weighted by atomic mass is 10.2. The van der Waals surface area contributed by atoms with Crippen LogP contribution in [-0.4, -0.2) is 40.3 Å². The molecule has 0 saturated carbocycles. The van der Waals surface area contributed by atoms with E-state index in [1.54, 1.807) is 41.5 Å². The van der Waals surface area contributed by atoms with Gasteiger partial charge in [-0.2, -0.15) is 5.10 Å². The van der Waals surface area contributed by atoms with Gasteiger partial charge in [0.1, 0.15) is 0 Å². The maximum absolute atomic E-state index is 12.4. The number of rotatable bonds is 7. The number of nitrogens with one attached hydrogen (secondary N) is 2. The number of fused-ring (bicyclic) bond motifs is 1.